The number of nitrogens with zero attached hydrogens (tertiary/aromatic N) is 2. The van der Waals surface area contributed by atoms with Crippen LogP contribution in [0, 0.1) is 0 Å². The molecule has 138 valence electrons. The number of hydrogen-bond donors (Lipinski definition) is 1. The first-order valence-electron chi connectivity index (χ1n) is 8.54. The molecule has 25 heavy (non-hydrogen) atoms. The molecule has 2 fully saturated rings. The fraction of sp³-hybridized carbons (Fsp3) is 0.556. The summed E-state index contributed by atoms with van der Waals surface area (Å²) >= 11 is 0. The van der Waals surface area contributed by atoms with Crippen molar-refractivity contribution in [2.75, 3.05) is 33.3 Å². The normalized spacial score (nSPS) is 23.1. The molecule has 2 amide bonds. The highest BCUT2D eigenvalue weighted by Gasteiger charge is 2.39. The number of benzene rings is 1. The van der Waals surface area contributed by atoms with Crippen LogP contribution in [0.4, 0.5) is 0 Å². The molecule has 1 aromatic carbocycles. The molecule has 2 heterocycles. The second kappa shape index (κ2) is 8.54. The third-order valence-corrected chi connectivity index (χ3v) is 4.97. The number of para-hydroxylation sites is 1. The molecule has 0 aliphatic carbocycles. The van der Waals surface area contributed by atoms with Gasteiger partial charge >= 0.3 is 0 Å². The first-order chi connectivity index (χ1) is 11.6. The van der Waals surface area contributed by atoms with Gasteiger partial charge in [-0.1, -0.05) is 18.2 Å². The Labute approximate surface area is 154 Å². The maximum Gasteiger partial charge on any atom is 0.245 e. The van der Waals surface area contributed by atoms with E-state index in [1.807, 2.05) is 29.2 Å². The predicted octanol–water partition coefficient (Wildman–Crippen LogP) is 1.60. The molecule has 2 aliphatic heterocycles. The van der Waals surface area contributed by atoms with Gasteiger partial charge < -0.3 is 19.9 Å². The number of nitrogens with one attached hydrogen (secondary N) is 1. The third-order valence-electron chi connectivity index (χ3n) is 4.97. The highest BCUT2D eigenvalue weighted by molar-refractivity contribution is 5.88. The number of carbonyl (C=O) groups excluding carboxylic acids is 2. The van der Waals surface area contributed by atoms with Crippen molar-refractivity contribution in [3.8, 4) is 5.75 Å². The monoisotopic (exact) mass is 367 g/mol. The highest BCUT2D eigenvalue weighted by Crippen LogP contribution is 2.32. The van der Waals surface area contributed by atoms with Crippen LogP contribution in [0.5, 0.6) is 5.75 Å². The second-order valence-electron chi connectivity index (χ2n) is 6.36. The van der Waals surface area contributed by atoms with Crippen molar-refractivity contribution in [2.45, 2.75) is 31.8 Å². The summed E-state index contributed by atoms with van der Waals surface area (Å²) in [4.78, 5) is 28.6. The van der Waals surface area contributed by atoms with E-state index in [4.69, 9.17) is 4.74 Å². The third kappa shape index (κ3) is 3.90. The zero-order chi connectivity index (χ0) is 17.1. The van der Waals surface area contributed by atoms with Crippen molar-refractivity contribution in [3.63, 3.8) is 0 Å². The van der Waals surface area contributed by atoms with Crippen LogP contribution >= 0.6 is 12.4 Å². The number of likely N-dealkylation sites (tertiary alicyclic amines) is 1. The van der Waals surface area contributed by atoms with E-state index in [0.29, 0.717) is 19.6 Å². The Morgan fingerprint density at radius 2 is 1.96 bits per heavy atom. The average molecular weight is 368 g/mol. The summed E-state index contributed by atoms with van der Waals surface area (Å²) in [6.07, 6.45) is 1.64. The number of methoxy groups -OCH3 is 1. The lowest BCUT2D eigenvalue weighted by molar-refractivity contribution is -0.145. The molecule has 0 spiro atoms. The molecule has 0 aromatic heterocycles. The second-order valence-corrected chi connectivity index (χ2v) is 6.36. The van der Waals surface area contributed by atoms with Crippen molar-refractivity contribution in [2.24, 2.45) is 0 Å². The van der Waals surface area contributed by atoms with Crippen LogP contribution in [0.3, 0.4) is 0 Å². The van der Waals surface area contributed by atoms with Crippen LogP contribution in [0.15, 0.2) is 24.3 Å². The molecule has 2 unspecified atom stereocenters. The van der Waals surface area contributed by atoms with Gasteiger partial charge in [0.05, 0.1) is 13.2 Å². The van der Waals surface area contributed by atoms with Gasteiger partial charge in [0.2, 0.25) is 11.8 Å². The summed E-state index contributed by atoms with van der Waals surface area (Å²) in [7, 11) is 1.65. The van der Waals surface area contributed by atoms with Crippen molar-refractivity contribution >= 4 is 24.2 Å². The summed E-state index contributed by atoms with van der Waals surface area (Å²) < 4.78 is 5.48. The Balaban J connectivity index is 0.00000225. The van der Waals surface area contributed by atoms with Crippen LogP contribution in [0.2, 0.25) is 0 Å². The average Bonchev–Trinajstić information content (AvgIpc) is 3.11. The van der Waals surface area contributed by atoms with Gasteiger partial charge in [0.15, 0.2) is 0 Å². The van der Waals surface area contributed by atoms with E-state index in [9.17, 15) is 9.59 Å². The van der Waals surface area contributed by atoms with E-state index in [2.05, 4.69) is 5.32 Å². The lowest BCUT2D eigenvalue weighted by Crippen LogP contribution is -2.54. The van der Waals surface area contributed by atoms with Crippen molar-refractivity contribution in [1.82, 2.24) is 15.1 Å². The lowest BCUT2D eigenvalue weighted by Gasteiger charge is -2.39. The summed E-state index contributed by atoms with van der Waals surface area (Å²) in [6, 6.07) is 7.43. The van der Waals surface area contributed by atoms with Gasteiger partial charge in [0, 0.05) is 38.7 Å². The van der Waals surface area contributed by atoms with Gasteiger partial charge in [-0.2, -0.15) is 0 Å². The Bertz CT molecular complexity index is 625. The zero-order valence-corrected chi connectivity index (χ0v) is 15.6. The van der Waals surface area contributed by atoms with E-state index in [0.717, 1.165) is 30.7 Å². The van der Waals surface area contributed by atoms with Gasteiger partial charge in [-0.3, -0.25) is 9.59 Å². The number of carbonyl (C=O) groups is 2. The van der Waals surface area contributed by atoms with Crippen LogP contribution < -0.4 is 10.1 Å². The minimum absolute atomic E-state index is 0. The maximum absolute atomic E-state index is 13.2. The molecule has 1 aromatic rings. The summed E-state index contributed by atoms with van der Waals surface area (Å²) in [6.45, 7) is 4.32. The maximum atomic E-state index is 13.2. The van der Waals surface area contributed by atoms with Gasteiger partial charge in [-0.15, -0.1) is 12.4 Å². The standard InChI is InChI=1S/C18H25N3O3.ClH/c1-13(22)20-10-5-7-15(20)18(23)21-11-9-19-12-16(21)14-6-3-4-8-17(14)24-2;/h3-4,6,8,15-16,19H,5,7,9-12H2,1-2H3;1H. The number of halogens is 1. The predicted molar refractivity (Wildman–Crippen MR) is 98.0 cm³/mol. The van der Waals surface area contributed by atoms with Crippen LogP contribution in [-0.4, -0.2) is 60.9 Å². The van der Waals surface area contributed by atoms with Gasteiger partial charge in [0.1, 0.15) is 11.8 Å². The van der Waals surface area contributed by atoms with Crippen LogP contribution in [0.25, 0.3) is 0 Å². The zero-order valence-electron chi connectivity index (χ0n) is 14.7. The highest BCUT2D eigenvalue weighted by atomic mass is 35.5. The first-order valence-corrected chi connectivity index (χ1v) is 8.54. The molecule has 2 saturated heterocycles. The fourth-order valence-corrected chi connectivity index (χ4v) is 3.78. The Morgan fingerprint density at radius 3 is 2.68 bits per heavy atom. The molecule has 0 radical (unpaired) electrons. The largest absolute Gasteiger partial charge is 0.496 e. The fourth-order valence-electron chi connectivity index (χ4n) is 3.78. The molecule has 3 rings (SSSR count). The van der Waals surface area contributed by atoms with E-state index < -0.39 is 0 Å². The molecule has 1 N–H and O–H groups in total. The topological polar surface area (TPSA) is 61.9 Å². The van der Waals surface area contributed by atoms with Gasteiger partial charge in [-0.05, 0) is 18.9 Å². The number of rotatable bonds is 3. The summed E-state index contributed by atoms with van der Waals surface area (Å²) in [5.74, 6) is 0.828. The van der Waals surface area contributed by atoms with E-state index in [1.165, 1.54) is 0 Å². The van der Waals surface area contributed by atoms with Crippen LogP contribution in [-0.2, 0) is 9.59 Å². The molecule has 0 saturated carbocycles. The molecule has 6 nitrogen and oxygen atoms in total. The summed E-state index contributed by atoms with van der Waals surface area (Å²) in [5.41, 5.74) is 1.01. The minimum Gasteiger partial charge on any atom is -0.496 e. The molecular weight excluding hydrogens is 342 g/mol. The van der Waals surface area contributed by atoms with E-state index >= 15 is 0 Å². The van der Waals surface area contributed by atoms with Crippen LogP contribution in [0.1, 0.15) is 31.4 Å². The molecule has 0 bridgehead atoms. The molecule has 7 heteroatoms. The molecule has 2 atom stereocenters. The smallest absolute Gasteiger partial charge is 0.245 e. The molecule has 2 aliphatic rings. The van der Waals surface area contributed by atoms with E-state index in [-0.39, 0.29) is 36.3 Å². The Hall–Kier alpha value is -1.79. The Kier molecular flexibility index (Phi) is 6.67. The van der Waals surface area contributed by atoms with Crippen molar-refractivity contribution in [1.29, 1.82) is 0 Å². The lowest BCUT2D eigenvalue weighted by atomic mass is 10.0. The number of piperazine rings is 1. The van der Waals surface area contributed by atoms with E-state index in [1.54, 1.807) is 18.9 Å². The van der Waals surface area contributed by atoms with Gasteiger partial charge in [0.25, 0.3) is 0 Å². The quantitative estimate of drug-likeness (QED) is 0.881. The molecular formula is C18H26ClN3O3. The Morgan fingerprint density at radius 1 is 1.20 bits per heavy atom. The number of hydrogen-bond acceptors (Lipinski definition) is 4. The first kappa shape index (κ1) is 19.5. The summed E-state index contributed by atoms with van der Waals surface area (Å²) in [5, 5.41) is 3.36. The minimum atomic E-state index is -0.321. The van der Waals surface area contributed by atoms with Crippen molar-refractivity contribution < 1.29 is 14.3 Å². The number of amides is 2. The number of ether oxygens (including phenoxy) is 1. The van der Waals surface area contributed by atoms with Gasteiger partial charge in [-0.25, -0.2) is 0 Å². The van der Waals surface area contributed by atoms with Crippen molar-refractivity contribution in [3.05, 3.63) is 29.8 Å². The SMILES string of the molecule is COc1ccccc1C1CNCCN1C(=O)C1CCCN1C(C)=O.Cl.